The maximum absolute atomic E-state index is 11.8. The molecule has 1 aliphatic rings. The summed E-state index contributed by atoms with van der Waals surface area (Å²) in [6.07, 6.45) is 6.22. The number of benzene rings is 1. The Morgan fingerprint density at radius 1 is 1.12 bits per heavy atom. The van der Waals surface area contributed by atoms with E-state index in [9.17, 15) is 4.79 Å². The summed E-state index contributed by atoms with van der Waals surface area (Å²) in [6, 6.07) is 7.73. The van der Waals surface area contributed by atoms with Crippen LogP contribution in [0.15, 0.2) is 29.3 Å². The number of nitrogens with zero attached hydrogens (tertiary/aromatic N) is 1. The Balaban J connectivity index is 0.00000512. The van der Waals surface area contributed by atoms with Gasteiger partial charge in [-0.15, -0.1) is 24.0 Å². The predicted octanol–water partition coefficient (Wildman–Crippen LogP) is 4.88. The summed E-state index contributed by atoms with van der Waals surface area (Å²) in [5, 5.41) is 12.6. The lowest BCUT2D eigenvalue weighted by Gasteiger charge is -2.30. The van der Waals surface area contributed by atoms with E-state index in [1.807, 2.05) is 38.1 Å². The number of nitrogens with one attached hydrogen (secondary N) is 4. The maximum Gasteiger partial charge on any atom is 0.319 e. The van der Waals surface area contributed by atoms with Gasteiger partial charge in [-0.1, -0.05) is 25.0 Å². The molecule has 1 aromatic carbocycles. The molecule has 1 aliphatic carbocycles. The smallest absolute Gasteiger partial charge is 0.319 e. The minimum absolute atomic E-state index is 0. The fraction of sp³-hybridized carbons (Fsp3) is 0.667. The van der Waals surface area contributed by atoms with Crippen molar-refractivity contribution in [1.82, 2.24) is 16.0 Å². The van der Waals surface area contributed by atoms with Crippen LogP contribution in [0.25, 0.3) is 0 Å². The van der Waals surface area contributed by atoms with Crippen molar-refractivity contribution in [2.75, 3.05) is 31.6 Å². The second-order valence-electron chi connectivity index (χ2n) is 8.65. The monoisotopic (exact) mass is 559 g/mol. The molecular formula is C24H42IN5O2. The molecule has 0 spiro atoms. The summed E-state index contributed by atoms with van der Waals surface area (Å²) in [4.78, 5) is 16.6. The highest BCUT2D eigenvalue weighted by atomic mass is 127. The van der Waals surface area contributed by atoms with Gasteiger partial charge >= 0.3 is 6.03 Å². The van der Waals surface area contributed by atoms with Crippen LogP contribution in [0.3, 0.4) is 0 Å². The fourth-order valence-corrected chi connectivity index (χ4v) is 3.98. The highest BCUT2D eigenvalue weighted by Gasteiger charge is 2.33. The van der Waals surface area contributed by atoms with E-state index in [1.54, 1.807) is 0 Å². The summed E-state index contributed by atoms with van der Waals surface area (Å²) in [5.74, 6) is 0.851. The van der Waals surface area contributed by atoms with E-state index >= 15 is 0 Å². The zero-order valence-corrected chi connectivity index (χ0v) is 22.5. The van der Waals surface area contributed by atoms with Crippen molar-refractivity contribution in [1.29, 1.82) is 0 Å². The van der Waals surface area contributed by atoms with Gasteiger partial charge in [-0.3, -0.25) is 0 Å². The molecule has 7 nitrogen and oxygen atoms in total. The number of aliphatic imine (C=N–C) groups is 1. The minimum atomic E-state index is -0.190. The lowest BCUT2D eigenvalue weighted by molar-refractivity contribution is 0.105. The van der Waals surface area contributed by atoms with Crippen molar-refractivity contribution in [2.45, 2.75) is 72.4 Å². The second kappa shape index (κ2) is 15.3. The highest BCUT2D eigenvalue weighted by molar-refractivity contribution is 14.0. The number of guanidine groups is 1. The molecular weight excluding hydrogens is 517 g/mol. The standard InChI is InChI=1S/C24H41N5O2.HI/c1-5-25-22(27-18-24(13-7-8-14-24)15-16-31-6-2)26-17-20-9-11-21(12-10-20)29-23(30)28-19(3)4;/h9-12,19H,5-8,13-18H2,1-4H3,(H2,25,26,27)(H2,28,29,30);1H. The minimum Gasteiger partial charge on any atom is -0.382 e. The van der Waals surface area contributed by atoms with Gasteiger partial charge in [-0.2, -0.15) is 0 Å². The number of halogens is 1. The van der Waals surface area contributed by atoms with Crippen molar-refractivity contribution >= 4 is 41.7 Å². The number of carbonyl (C=O) groups excluding carboxylic acids is 1. The zero-order chi connectivity index (χ0) is 22.5. The van der Waals surface area contributed by atoms with E-state index < -0.39 is 0 Å². The maximum atomic E-state index is 11.8. The van der Waals surface area contributed by atoms with Gasteiger partial charge in [-0.25, -0.2) is 9.79 Å². The Kier molecular flexibility index (Phi) is 13.6. The van der Waals surface area contributed by atoms with Gasteiger partial charge in [0, 0.05) is 38.0 Å². The number of amides is 2. The third-order valence-electron chi connectivity index (χ3n) is 5.67. The Labute approximate surface area is 211 Å². The van der Waals surface area contributed by atoms with E-state index in [4.69, 9.17) is 9.73 Å². The summed E-state index contributed by atoms with van der Waals surface area (Å²) >= 11 is 0. The number of carbonyl (C=O) groups is 1. The lowest BCUT2D eigenvalue weighted by atomic mass is 9.83. The van der Waals surface area contributed by atoms with Crippen molar-refractivity contribution in [3.05, 3.63) is 29.8 Å². The summed E-state index contributed by atoms with van der Waals surface area (Å²) < 4.78 is 5.63. The van der Waals surface area contributed by atoms with Crippen LogP contribution in [-0.2, 0) is 11.3 Å². The second-order valence-corrected chi connectivity index (χ2v) is 8.65. The molecule has 2 rings (SSSR count). The third-order valence-corrected chi connectivity index (χ3v) is 5.67. The van der Waals surface area contributed by atoms with Crippen LogP contribution >= 0.6 is 24.0 Å². The van der Waals surface area contributed by atoms with Crippen LogP contribution in [0.4, 0.5) is 10.5 Å². The van der Waals surface area contributed by atoms with Gasteiger partial charge in [0.2, 0.25) is 0 Å². The van der Waals surface area contributed by atoms with E-state index in [2.05, 4.69) is 35.1 Å². The Morgan fingerprint density at radius 2 is 1.81 bits per heavy atom. The largest absolute Gasteiger partial charge is 0.382 e. The average molecular weight is 560 g/mol. The molecule has 2 amide bonds. The number of rotatable bonds is 11. The molecule has 0 unspecified atom stereocenters. The summed E-state index contributed by atoms with van der Waals surface area (Å²) in [7, 11) is 0. The Morgan fingerprint density at radius 3 is 2.41 bits per heavy atom. The highest BCUT2D eigenvalue weighted by Crippen LogP contribution is 2.40. The number of hydrogen-bond acceptors (Lipinski definition) is 3. The fourth-order valence-electron chi connectivity index (χ4n) is 3.98. The van der Waals surface area contributed by atoms with Gasteiger partial charge in [0.1, 0.15) is 0 Å². The van der Waals surface area contributed by atoms with Crippen molar-refractivity contribution in [2.24, 2.45) is 10.4 Å². The quantitative estimate of drug-likeness (QED) is 0.135. The molecule has 8 heteroatoms. The molecule has 0 heterocycles. The van der Waals surface area contributed by atoms with Gasteiger partial charge < -0.3 is 26.0 Å². The molecule has 182 valence electrons. The summed E-state index contributed by atoms with van der Waals surface area (Å²) in [6.45, 7) is 12.0. The zero-order valence-electron chi connectivity index (χ0n) is 20.1. The first-order chi connectivity index (χ1) is 15.0. The molecule has 0 aromatic heterocycles. The number of ether oxygens (including phenoxy) is 1. The van der Waals surface area contributed by atoms with Crippen molar-refractivity contribution < 1.29 is 9.53 Å². The molecule has 0 radical (unpaired) electrons. The van der Waals surface area contributed by atoms with Crippen LogP contribution in [0.5, 0.6) is 0 Å². The van der Waals surface area contributed by atoms with E-state index in [0.717, 1.165) is 49.9 Å². The van der Waals surface area contributed by atoms with Crippen molar-refractivity contribution in [3.63, 3.8) is 0 Å². The van der Waals surface area contributed by atoms with E-state index in [1.165, 1.54) is 25.7 Å². The topological polar surface area (TPSA) is 86.8 Å². The average Bonchev–Trinajstić information content (AvgIpc) is 3.20. The lowest BCUT2D eigenvalue weighted by Crippen LogP contribution is -2.43. The first-order valence-electron chi connectivity index (χ1n) is 11.7. The Hall–Kier alpha value is -1.55. The summed E-state index contributed by atoms with van der Waals surface area (Å²) in [5.41, 5.74) is 2.18. The van der Waals surface area contributed by atoms with Gasteiger partial charge in [0.25, 0.3) is 0 Å². The Bertz CT molecular complexity index is 688. The number of hydrogen-bond donors (Lipinski definition) is 4. The molecule has 0 atom stereocenters. The normalized spacial score (nSPS) is 15.2. The van der Waals surface area contributed by atoms with Crippen LogP contribution in [-0.4, -0.2) is 44.3 Å². The van der Waals surface area contributed by atoms with E-state index in [0.29, 0.717) is 12.0 Å². The first kappa shape index (κ1) is 28.5. The number of urea groups is 1. The van der Waals surface area contributed by atoms with Gasteiger partial charge in [0.05, 0.1) is 6.54 Å². The van der Waals surface area contributed by atoms with Gasteiger partial charge in [-0.05, 0) is 70.1 Å². The molecule has 1 saturated carbocycles. The van der Waals surface area contributed by atoms with Crippen LogP contribution in [0.1, 0.15) is 65.4 Å². The molecule has 32 heavy (non-hydrogen) atoms. The molecule has 1 aromatic rings. The van der Waals surface area contributed by atoms with Gasteiger partial charge in [0.15, 0.2) is 5.96 Å². The molecule has 1 fully saturated rings. The molecule has 0 aliphatic heterocycles. The first-order valence-corrected chi connectivity index (χ1v) is 11.7. The van der Waals surface area contributed by atoms with E-state index in [-0.39, 0.29) is 36.0 Å². The SMILES string of the molecule is CCNC(=NCc1ccc(NC(=O)NC(C)C)cc1)NCC1(CCOCC)CCCC1.I. The van der Waals surface area contributed by atoms with Crippen LogP contribution in [0, 0.1) is 5.41 Å². The van der Waals surface area contributed by atoms with Crippen molar-refractivity contribution in [3.8, 4) is 0 Å². The number of anilines is 1. The predicted molar refractivity (Wildman–Crippen MR) is 144 cm³/mol. The third kappa shape index (κ3) is 10.4. The molecule has 4 N–H and O–H groups in total. The van der Waals surface area contributed by atoms with Crippen LogP contribution in [0.2, 0.25) is 0 Å². The molecule has 0 bridgehead atoms. The van der Waals surface area contributed by atoms with Crippen LogP contribution < -0.4 is 21.3 Å². The molecule has 0 saturated heterocycles.